The van der Waals surface area contributed by atoms with Crippen LogP contribution in [0.4, 0.5) is 0 Å². The minimum Gasteiger partial charge on any atom is 0.316 e. The van der Waals surface area contributed by atoms with Crippen molar-refractivity contribution in [2.75, 3.05) is 0 Å². The molecular weight excluding hydrogens is 139 g/mol. The van der Waals surface area contributed by atoms with E-state index >= 15 is 0 Å². The Morgan fingerprint density at radius 1 is 1.33 bits per heavy atom. The molecule has 6 heavy (non-hydrogen) atoms. The van der Waals surface area contributed by atoms with Crippen LogP contribution in [0.25, 0.3) is 0 Å². The molecule has 0 aliphatic carbocycles. The predicted molar refractivity (Wildman–Crippen MR) is 26.6 cm³/mol. The molecule has 0 amide bonds. The molecular formula is H5KMgO3Si. The largest absolute Gasteiger partial charge is 0.316 e. The van der Waals surface area contributed by atoms with Crippen LogP contribution in [-0.4, -0.2) is 93.2 Å². The van der Waals surface area contributed by atoms with Crippen LogP contribution in [-0.2, 0) is 4.46 Å². The van der Waals surface area contributed by atoms with Gasteiger partial charge in [-0.2, -0.15) is 0 Å². The second-order valence-corrected chi connectivity index (χ2v) is 0.848. The Balaban J connectivity index is -0.0000000450. The molecule has 0 fully saturated rings. The van der Waals surface area contributed by atoms with E-state index in [0.29, 0.717) is 0 Å². The van der Waals surface area contributed by atoms with E-state index in [0.717, 1.165) is 0 Å². The summed E-state index contributed by atoms with van der Waals surface area (Å²) in [4.78, 5) is 14.3. The van der Waals surface area contributed by atoms with Crippen LogP contribution in [0.1, 0.15) is 0 Å². The molecule has 0 aromatic rings. The fourth-order valence-electron chi connectivity index (χ4n) is 0. The number of hydrogen-bond donors (Lipinski definition) is 2. The van der Waals surface area contributed by atoms with E-state index in [2.05, 4.69) is 0 Å². The van der Waals surface area contributed by atoms with Gasteiger partial charge in [0, 0.05) is 0 Å². The molecule has 0 spiro atoms. The molecule has 0 heterocycles. The van der Waals surface area contributed by atoms with Gasteiger partial charge in [-0.3, -0.25) is 4.46 Å². The van der Waals surface area contributed by atoms with Gasteiger partial charge in [-0.05, 0) is 0 Å². The van der Waals surface area contributed by atoms with Gasteiger partial charge < -0.3 is 9.59 Å². The molecule has 0 aromatic carbocycles. The molecule has 0 bridgehead atoms. The number of rotatable bonds is 0. The Hall–Kier alpha value is 2.02. The summed E-state index contributed by atoms with van der Waals surface area (Å²) in [5.74, 6) is 0. The Kier molecular flexibility index (Phi) is 26.4. The van der Waals surface area contributed by atoms with Gasteiger partial charge in [0.2, 0.25) is 0 Å². The molecule has 6 heteroatoms. The first-order chi connectivity index (χ1) is 1.73. The molecule has 30 valence electrons. The van der Waals surface area contributed by atoms with Crippen molar-refractivity contribution in [2.24, 2.45) is 0 Å². The summed E-state index contributed by atoms with van der Waals surface area (Å²) in [6.07, 6.45) is 0. The van der Waals surface area contributed by atoms with Crippen LogP contribution in [0.5, 0.6) is 0 Å². The topological polar surface area (TPSA) is 57.5 Å². The van der Waals surface area contributed by atoms with Gasteiger partial charge in [0.1, 0.15) is 0 Å². The average molecular weight is 145 g/mol. The van der Waals surface area contributed by atoms with Crippen molar-refractivity contribution in [1.82, 2.24) is 0 Å². The minimum atomic E-state index is -3.13. The molecule has 0 unspecified atom stereocenters. The van der Waals surface area contributed by atoms with Gasteiger partial charge in [-0.1, -0.05) is 0 Å². The van der Waals surface area contributed by atoms with Gasteiger partial charge in [-0.25, -0.2) is 0 Å². The summed E-state index contributed by atoms with van der Waals surface area (Å²) >= 11 is 0. The van der Waals surface area contributed by atoms with Crippen LogP contribution < -0.4 is 0 Å². The van der Waals surface area contributed by atoms with E-state index in [9.17, 15) is 0 Å². The van der Waals surface area contributed by atoms with Crippen molar-refractivity contribution in [1.29, 1.82) is 0 Å². The third-order valence-corrected chi connectivity index (χ3v) is 0. The smallest absolute Gasteiger partial charge is 0.316 e. The summed E-state index contributed by atoms with van der Waals surface area (Å²) in [5, 5.41) is 0. The van der Waals surface area contributed by atoms with Crippen LogP contribution in [0, 0.1) is 0 Å². The first kappa shape index (κ1) is 15.7. The predicted octanol–water partition coefficient (Wildman–Crippen LogP) is -3.18. The summed E-state index contributed by atoms with van der Waals surface area (Å²) < 4.78 is 8.74. The molecule has 2 N–H and O–H groups in total. The molecule has 0 atom stereocenters. The number of hydrogen-bond acceptors (Lipinski definition) is 1. The van der Waals surface area contributed by atoms with E-state index in [-0.39, 0.29) is 74.4 Å². The molecule has 0 aliphatic heterocycles. The van der Waals surface area contributed by atoms with Crippen LogP contribution in [0.3, 0.4) is 0 Å². The van der Waals surface area contributed by atoms with Crippen LogP contribution >= 0.6 is 0 Å². The summed E-state index contributed by atoms with van der Waals surface area (Å²) in [6, 6.07) is 0. The fraction of sp³-hybridized carbons (Fsp3) is 0. The van der Waals surface area contributed by atoms with E-state index in [1.54, 1.807) is 0 Å². The maximum atomic E-state index is 8.74. The summed E-state index contributed by atoms with van der Waals surface area (Å²) in [7, 11) is -3.13. The molecule has 0 rings (SSSR count). The molecule has 3 nitrogen and oxygen atoms in total. The van der Waals surface area contributed by atoms with Crippen molar-refractivity contribution >= 4 is 83.6 Å². The van der Waals surface area contributed by atoms with Crippen molar-refractivity contribution in [2.45, 2.75) is 0 Å². The van der Waals surface area contributed by atoms with E-state index in [1.165, 1.54) is 0 Å². The summed E-state index contributed by atoms with van der Waals surface area (Å²) in [5.41, 5.74) is 0. The average Bonchev–Trinajstić information content (AvgIpc) is 0.811. The molecule has 0 radical (unpaired) electrons. The minimum absolute atomic E-state index is 0. The van der Waals surface area contributed by atoms with Gasteiger partial charge >= 0.3 is 83.6 Å². The molecule has 0 saturated heterocycles. The Bertz CT molecular complexity index is 33.8. The van der Waals surface area contributed by atoms with Gasteiger partial charge in [0.25, 0.3) is 0 Å². The van der Waals surface area contributed by atoms with Gasteiger partial charge in [0.15, 0.2) is 0 Å². The Labute approximate surface area is 95.6 Å². The monoisotopic (exact) mass is 144 g/mol. The standard InChI is InChI=1S/K.Mg.H2O3Si.3H/c;;1-4(2)3;;;/h;;1-2H;;;. The van der Waals surface area contributed by atoms with E-state index in [4.69, 9.17) is 14.1 Å². The van der Waals surface area contributed by atoms with Crippen LogP contribution in [0.2, 0.25) is 0 Å². The van der Waals surface area contributed by atoms with E-state index in [1.807, 2.05) is 0 Å². The SMILES string of the molecule is O=[Si](O)O.[KH].[MgH2]. The first-order valence-corrected chi connectivity index (χ1v) is 1.95. The van der Waals surface area contributed by atoms with Crippen molar-refractivity contribution in [3.63, 3.8) is 0 Å². The zero-order chi connectivity index (χ0) is 3.58. The maximum Gasteiger partial charge on any atom is 0.316 e. The van der Waals surface area contributed by atoms with Crippen molar-refractivity contribution in [3.05, 3.63) is 0 Å². The Morgan fingerprint density at radius 3 is 1.33 bits per heavy atom. The fourth-order valence-corrected chi connectivity index (χ4v) is 0. The normalized spacial score (nSPS) is 4.00. The van der Waals surface area contributed by atoms with Gasteiger partial charge in [-0.15, -0.1) is 0 Å². The first-order valence-electron chi connectivity index (χ1n) is 0.651. The van der Waals surface area contributed by atoms with Crippen molar-refractivity contribution < 1.29 is 14.1 Å². The van der Waals surface area contributed by atoms with E-state index < -0.39 is 9.17 Å². The maximum absolute atomic E-state index is 8.74. The third-order valence-electron chi connectivity index (χ3n) is 0. The van der Waals surface area contributed by atoms with Crippen molar-refractivity contribution in [3.8, 4) is 0 Å². The van der Waals surface area contributed by atoms with Crippen LogP contribution in [0.15, 0.2) is 0 Å². The molecule has 0 aliphatic rings. The zero-order valence-electron chi connectivity index (χ0n) is 1.80. The Morgan fingerprint density at radius 2 is 1.33 bits per heavy atom. The second-order valence-electron chi connectivity index (χ2n) is 0.283. The second kappa shape index (κ2) is 10.1. The zero-order valence-corrected chi connectivity index (χ0v) is 2.80. The molecule has 0 aromatic heterocycles. The quantitative estimate of drug-likeness (QED) is 0.353. The third kappa shape index (κ3) is 37.2. The van der Waals surface area contributed by atoms with Gasteiger partial charge in [0.05, 0.1) is 0 Å². The summed E-state index contributed by atoms with van der Waals surface area (Å²) in [6.45, 7) is 0. The molecule has 0 saturated carbocycles.